The van der Waals surface area contributed by atoms with Gasteiger partial charge in [0.25, 0.3) is 5.56 Å². The lowest BCUT2D eigenvalue weighted by atomic mass is 9.96. The Morgan fingerprint density at radius 3 is 2.16 bits per heavy atom. The molecule has 18 heteroatoms. The lowest BCUT2D eigenvalue weighted by Gasteiger charge is -2.30. The molecule has 3 rings (SSSR count). The molecule has 45 heavy (non-hydrogen) atoms. The molecule has 0 spiro atoms. The minimum absolute atomic E-state index is 0.00114. The number of carbonyl (C=O) groups is 2. The molecule has 0 saturated carbocycles. The van der Waals surface area contributed by atoms with Crippen molar-refractivity contribution in [2.75, 3.05) is 25.6 Å². The third-order valence-electron chi connectivity index (χ3n) is 7.09. The van der Waals surface area contributed by atoms with Gasteiger partial charge in [-0.2, -0.15) is 4.98 Å². The fourth-order valence-electron chi connectivity index (χ4n) is 5.02. The van der Waals surface area contributed by atoms with E-state index in [9.17, 15) is 29.2 Å². The summed E-state index contributed by atoms with van der Waals surface area (Å²) in [4.78, 5) is 48.4. The van der Waals surface area contributed by atoms with Crippen molar-refractivity contribution in [3.8, 4) is 0 Å². The van der Waals surface area contributed by atoms with Gasteiger partial charge in [0, 0.05) is 0 Å². The van der Waals surface area contributed by atoms with E-state index >= 15 is 0 Å². The Bertz CT molecular complexity index is 1390. The molecule has 0 radical (unpaired) electrons. The normalized spacial score (nSPS) is 24.6. The number of aliphatic hydroxyl groups is 2. The third kappa shape index (κ3) is 8.87. The lowest BCUT2D eigenvalue weighted by molar-refractivity contribution is -0.146. The zero-order chi connectivity index (χ0) is 33.7. The molecular weight excluding hydrogens is 613 g/mol. The number of aromatic amines is 1. The monoisotopic (exact) mass is 659 g/mol. The quantitative estimate of drug-likeness (QED) is 0.109. The van der Waals surface area contributed by atoms with Crippen LogP contribution in [0, 0.1) is 11.8 Å². The van der Waals surface area contributed by atoms with Gasteiger partial charge in [-0.25, -0.2) is 15.2 Å². The van der Waals surface area contributed by atoms with E-state index in [0.29, 0.717) is 0 Å². The number of rotatable bonds is 16. The standard InChI is InChI=1S/C27H46N7O10P/c1-8-41-23(37)16(10-14(3)4)32-45(40,33-17(11-15(5)6)24(38)42-9-2)43-12-18-20(35)27(7,39)25(44-18)34-13-29-19-21(34)30-26(28)31-22(19)36/h13-18,20,25,35,39H,8-12H2,1-7H3,(H2,32,33,40)(H3,28,30,31,36)/t16?,17?,18-,20-,25-,27-,45?/m1/s1. The number of nitrogens with one attached hydrogen (secondary N) is 3. The third-order valence-corrected chi connectivity index (χ3v) is 8.90. The predicted octanol–water partition coefficient (Wildman–Crippen LogP) is 0.971. The number of esters is 2. The number of fused-ring (bicyclic) bond motifs is 1. The molecule has 2 aromatic rings. The molecule has 1 fully saturated rings. The second-order valence-electron chi connectivity index (χ2n) is 11.9. The van der Waals surface area contributed by atoms with Crippen LogP contribution in [0.3, 0.4) is 0 Å². The maximum atomic E-state index is 14.5. The van der Waals surface area contributed by atoms with Crippen molar-refractivity contribution in [3.63, 3.8) is 0 Å². The number of nitrogens with zero attached hydrogens (tertiary/aromatic N) is 3. The molecule has 0 amide bonds. The van der Waals surface area contributed by atoms with Crippen LogP contribution < -0.4 is 21.5 Å². The molecule has 0 aliphatic carbocycles. The second-order valence-corrected chi connectivity index (χ2v) is 13.8. The average Bonchev–Trinajstić information content (AvgIpc) is 3.44. The minimum atomic E-state index is -4.32. The Kier molecular flexibility index (Phi) is 12.3. The number of aliphatic hydroxyl groups excluding tert-OH is 1. The average molecular weight is 660 g/mol. The number of H-pyrrole nitrogens is 1. The SMILES string of the molecule is CCOC(=O)C(CC(C)C)NP(=O)(NC(CC(C)C)C(=O)OCC)OC[C@H]1O[C@@H](n2cnc3c(=O)[nH]c(N)nc32)[C@](C)(O)[C@@H]1O. The van der Waals surface area contributed by atoms with Gasteiger partial charge < -0.3 is 34.7 Å². The van der Waals surface area contributed by atoms with E-state index in [1.165, 1.54) is 17.8 Å². The highest BCUT2D eigenvalue weighted by Crippen LogP contribution is 2.44. The van der Waals surface area contributed by atoms with Gasteiger partial charge in [-0.3, -0.25) is 28.5 Å². The number of imidazole rings is 1. The summed E-state index contributed by atoms with van der Waals surface area (Å²) in [6.07, 6.45) is -2.53. The number of hydrogen-bond donors (Lipinski definition) is 6. The van der Waals surface area contributed by atoms with Crippen LogP contribution in [0.25, 0.3) is 11.2 Å². The number of hydrogen-bond acceptors (Lipinski definition) is 13. The van der Waals surface area contributed by atoms with Crippen LogP contribution in [-0.4, -0.2) is 91.4 Å². The van der Waals surface area contributed by atoms with E-state index < -0.39 is 67.9 Å². The van der Waals surface area contributed by atoms with Crippen LogP contribution in [-0.2, 0) is 32.9 Å². The van der Waals surface area contributed by atoms with Crippen molar-refractivity contribution < 1.29 is 43.1 Å². The highest BCUT2D eigenvalue weighted by atomic mass is 31.2. The maximum absolute atomic E-state index is 14.5. The van der Waals surface area contributed by atoms with Gasteiger partial charge in [0.05, 0.1) is 26.1 Å². The van der Waals surface area contributed by atoms with Crippen LogP contribution in [0.15, 0.2) is 11.1 Å². The molecule has 7 N–H and O–H groups in total. The van der Waals surface area contributed by atoms with Crippen LogP contribution in [0.1, 0.15) is 67.5 Å². The Labute approximate surface area is 261 Å². The maximum Gasteiger partial charge on any atom is 0.342 e. The highest BCUT2D eigenvalue weighted by Gasteiger charge is 2.54. The van der Waals surface area contributed by atoms with E-state index in [1.54, 1.807) is 13.8 Å². The Balaban J connectivity index is 1.94. The largest absolute Gasteiger partial charge is 0.465 e. The van der Waals surface area contributed by atoms with Crippen molar-refractivity contribution in [1.82, 2.24) is 29.7 Å². The zero-order valence-electron chi connectivity index (χ0n) is 26.7. The zero-order valence-corrected chi connectivity index (χ0v) is 27.6. The highest BCUT2D eigenvalue weighted by molar-refractivity contribution is 7.54. The predicted molar refractivity (Wildman–Crippen MR) is 163 cm³/mol. The van der Waals surface area contributed by atoms with Crippen LogP contribution in [0.5, 0.6) is 0 Å². The Hall–Kier alpha value is -2.92. The summed E-state index contributed by atoms with van der Waals surface area (Å²) >= 11 is 0. The molecule has 254 valence electrons. The first-order valence-electron chi connectivity index (χ1n) is 14.9. The van der Waals surface area contributed by atoms with Gasteiger partial charge >= 0.3 is 19.6 Å². The lowest BCUT2D eigenvalue weighted by Crippen LogP contribution is -2.47. The van der Waals surface area contributed by atoms with E-state index in [2.05, 4.69) is 25.1 Å². The van der Waals surface area contributed by atoms with Crippen molar-refractivity contribution in [2.45, 2.75) is 97.4 Å². The van der Waals surface area contributed by atoms with Gasteiger partial charge in [0.1, 0.15) is 29.9 Å². The first-order valence-corrected chi connectivity index (χ1v) is 16.6. The molecule has 1 aliphatic rings. The van der Waals surface area contributed by atoms with Crippen molar-refractivity contribution in [2.24, 2.45) is 11.8 Å². The fraction of sp³-hybridized carbons (Fsp3) is 0.741. The Morgan fingerprint density at radius 2 is 1.67 bits per heavy atom. The fourth-order valence-corrected chi connectivity index (χ4v) is 6.85. The summed E-state index contributed by atoms with van der Waals surface area (Å²) in [7, 11) is -4.32. The summed E-state index contributed by atoms with van der Waals surface area (Å²) in [5.41, 5.74) is 3.05. The van der Waals surface area contributed by atoms with Gasteiger partial charge in [0.2, 0.25) is 5.95 Å². The smallest absolute Gasteiger partial charge is 0.342 e. The van der Waals surface area contributed by atoms with Crippen LogP contribution >= 0.6 is 7.67 Å². The van der Waals surface area contributed by atoms with Crippen molar-refractivity contribution in [1.29, 1.82) is 0 Å². The summed E-state index contributed by atoms with van der Waals surface area (Å²) in [6.45, 7) is 11.7. The van der Waals surface area contributed by atoms with Crippen LogP contribution in [0.4, 0.5) is 5.95 Å². The van der Waals surface area contributed by atoms with E-state index in [-0.39, 0.29) is 55.0 Å². The van der Waals surface area contributed by atoms with Gasteiger partial charge in [-0.15, -0.1) is 0 Å². The van der Waals surface area contributed by atoms with Gasteiger partial charge in [-0.05, 0) is 45.4 Å². The van der Waals surface area contributed by atoms with Gasteiger partial charge in [0.15, 0.2) is 17.4 Å². The molecule has 2 aromatic heterocycles. The molecule has 1 aliphatic heterocycles. The summed E-state index contributed by atoms with van der Waals surface area (Å²) in [5, 5.41) is 27.9. The number of anilines is 1. The first-order chi connectivity index (χ1) is 21.0. The van der Waals surface area contributed by atoms with Crippen molar-refractivity contribution in [3.05, 3.63) is 16.7 Å². The van der Waals surface area contributed by atoms with E-state index in [1.807, 2.05) is 27.7 Å². The first kappa shape index (κ1) is 36.5. The molecular formula is C27H46N7O10P. The summed E-state index contributed by atoms with van der Waals surface area (Å²) in [5.74, 6) is -1.56. The number of carbonyl (C=O) groups excluding carboxylic acids is 2. The van der Waals surface area contributed by atoms with E-state index in [4.69, 9.17) is 24.5 Å². The number of nitrogen functional groups attached to an aromatic ring is 1. The molecule has 2 unspecified atom stereocenters. The summed E-state index contributed by atoms with van der Waals surface area (Å²) in [6, 6.07) is -2.16. The van der Waals surface area contributed by atoms with Crippen LogP contribution in [0.2, 0.25) is 0 Å². The number of aromatic nitrogens is 4. The molecule has 17 nitrogen and oxygen atoms in total. The molecule has 0 aromatic carbocycles. The Morgan fingerprint density at radius 1 is 1.13 bits per heavy atom. The molecule has 6 atom stereocenters. The second kappa shape index (κ2) is 15.1. The summed E-state index contributed by atoms with van der Waals surface area (Å²) < 4.78 is 37.9. The number of ether oxygens (including phenoxy) is 3. The molecule has 1 saturated heterocycles. The molecule has 0 bridgehead atoms. The van der Waals surface area contributed by atoms with E-state index in [0.717, 1.165) is 0 Å². The van der Waals surface area contributed by atoms with Crippen molar-refractivity contribution >= 4 is 36.7 Å². The minimum Gasteiger partial charge on any atom is -0.465 e. The number of nitrogens with two attached hydrogens (primary N) is 1. The topological polar surface area (TPSA) is 242 Å². The molecule has 3 heterocycles. The van der Waals surface area contributed by atoms with Gasteiger partial charge in [-0.1, -0.05) is 27.7 Å².